The number of rotatable bonds is 5. The van der Waals surface area contributed by atoms with Gasteiger partial charge in [0.2, 0.25) is 10.0 Å². The second-order valence-corrected chi connectivity index (χ2v) is 6.91. The van der Waals surface area contributed by atoms with Crippen LogP contribution >= 0.6 is 0 Å². The highest BCUT2D eigenvalue weighted by atomic mass is 32.2. The second kappa shape index (κ2) is 5.90. The summed E-state index contributed by atoms with van der Waals surface area (Å²) >= 11 is 0. The molecular weight excluding hydrogens is 298 g/mol. The van der Waals surface area contributed by atoms with Gasteiger partial charge in [0.05, 0.1) is 22.3 Å². The van der Waals surface area contributed by atoms with Gasteiger partial charge in [0.25, 0.3) is 0 Å². The first-order chi connectivity index (χ1) is 10.6. The van der Waals surface area contributed by atoms with Gasteiger partial charge in [-0.15, -0.1) is 0 Å². The summed E-state index contributed by atoms with van der Waals surface area (Å²) in [6, 6.07) is 14.4. The summed E-state index contributed by atoms with van der Waals surface area (Å²) in [5.74, 6) is 0. The molecule has 0 saturated carbocycles. The van der Waals surface area contributed by atoms with Crippen LogP contribution in [0.5, 0.6) is 0 Å². The van der Waals surface area contributed by atoms with Crippen molar-refractivity contribution in [2.45, 2.75) is 11.3 Å². The second-order valence-electron chi connectivity index (χ2n) is 5.14. The molecule has 0 bridgehead atoms. The van der Waals surface area contributed by atoms with Crippen LogP contribution in [0, 0.1) is 0 Å². The molecule has 0 fully saturated rings. The Morgan fingerprint density at radius 2 is 1.91 bits per heavy atom. The SMILES string of the molecule is Cn1cnc2cc(CCNS(=O)(=O)c3ccccc3)ccc21. The van der Waals surface area contributed by atoms with E-state index in [1.165, 1.54) is 0 Å². The van der Waals surface area contributed by atoms with Gasteiger partial charge in [-0.3, -0.25) is 0 Å². The Bertz CT molecular complexity index is 886. The molecule has 0 radical (unpaired) electrons. The van der Waals surface area contributed by atoms with E-state index in [4.69, 9.17) is 0 Å². The smallest absolute Gasteiger partial charge is 0.240 e. The lowest BCUT2D eigenvalue weighted by Crippen LogP contribution is -2.25. The van der Waals surface area contributed by atoms with Gasteiger partial charge in [0.1, 0.15) is 0 Å². The minimum atomic E-state index is -3.44. The number of sulfonamides is 1. The molecule has 1 N–H and O–H groups in total. The minimum absolute atomic E-state index is 0.287. The fraction of sp³-hybridized carbons (Fsp3) is 0.188. The average molecular weight is 315 g/mol. The summed E-state index contributed by atoms with van der Waals surface area (Å²) in [6.07, 6.45) is 2.39. The normalized spacial score (nSPS) is 11.9. The number of nitrogens with zero attached hydrogens (tertiary/aromatic N) is 2. The van der Waals surface area contributed by atoms with Gasteiger partial charge in [0, 0.05) is 13.6 Å². The Morgan fingerprint density at radius 3 is 2.68 bits per heavy atom. The van der Waals surface area contributed by atoms with Crippen molar-refractivity contribution in [2.24, 2.45) is 7.05 Å². The molecule has 3 aromatic rings. The lowest BCUT2D eigenvalue weighted by molar-refractivity contribution is 0.581. The Balaban J connectivity index is 1.67. The largest absolute Gasteiger partial charge is 0.334 e. The number of fused-ring (bicyclic) bond motifs is 1. The van der Waals surface area contributed by atoms with Crippen molar-refractivity contribution in [3.05, 3.63) is 60.4 Å². The number of aromatic nitrogens is 2. The molecule has 0 amide bonds. The van der Waals surface area contributed by atoms with Crippen molar-refractivity contribution < 1.29 is 8.42 Å². The fourth-order valence-electron chi connectivity index (χ4n) is 2.35. The minimum Gasteiger partial charge on any atom is -0.334 e. The molecule has 2 aromatic carbocycles. The number of hydrogen-bond donors (Lipinski definition) is 1. The predicted octanol–water partition coefficient (Wildman–Crippen LogP) is 2.09. The van der Waals surface area contributed by atoms with Gasteiger partial charge in [-0.2, -0.15) is 0 Å². The topological polar surface area (TPSA) is 64.0 Å². The molecule has 0 unspecified atom stereocenters. The molecule has 0 atom stereocenters. The first kappa shape index (κ1) is 14.7. The van der Waals surface area contributed by atoms with Crippen molar-refractivity contribution in [1.82, 2.24) is 14.3 Å². The van der Waals surface area contributed by atoms with Crippen LogP contribution in [0.3, 0.4) is 0 Å². The third-order valence-corrected chi connectivity index (χ3v) is 5.03. The third kappa shape index (κ3) is 3.03. The van der Waals surface area contributed by atoms with Crippen LogP contribution in [0.15, 0.2) is 59.8 Å². The lowest BCUT2D eigenvalue weighted by atomic mass is 10.1. The molecule has 114 valence electrons. The van der Waals surface area contributed by atoms with Crippen LogP contribution in [-0.4, -0.2) is 24.5 Å². The van der Waals surface area contributed by atoms with E-state index in [0.29, 0.717) is 13.0 Å². The quantitative estimate of drug-likeness (QED) is 0.784. The van der Waals surface area contributed by atoms with E-state index in [2.05, 4.69) is 9.71 Å². The first-order valence-electron chi connectivity index (χ1n) is 7.01. The van der Waals surface area contributed by atoms with Gasteiger partial charge in [-0.25, -0.2) is 18.1 Å². The Hall–Kier alpha value is -2.18. The van der Waals surface area contributed by atoms with Crippen LogP contribution in [0.2, 0.25) is 0 Å². The summed E-state index contributed by atoms with van der Waals surface area (Å²) in [4.78, 5) is 4.59. The highest BCUT2D eigenvalue weighted by molar-refractivity contribution is 7.89. The maximum absolute atomic E-state index is 12.1. The van der Waals surface area contributed by atoms with E-state index in [1.807, 2.05) is 29.8 Å². The summed E-state index contributed by atoms with van der Waals surface area (Å²) in [5.41, 5.74) is 3.04. The van der Waals surface area contributed by atoms with Gasteiger partial charge in [-0.05, 0) is 36.2 Å². The molecule has 22 heavy (non-hydrogen) atoms. The standard InChI is InChI=1S/C16H17N3O2S/c1-19-12-17-15-11-13(7-8-16(15)19)9-10-18-22(20,21)14-5-3-2-4-6-14/h2-8,11-12,18H,9-10H2,1H3. The molecule has 6 heteroatoms. The highest BCUT2D eigenvalue weighted by Crippen LogP contribution is 2.14. The molecule has 1 aromatic heterocycles. The Labute approximate surface area is 129 Å². The maximum Gasteiger partial charge on any atom is 0.240 e. The van der Waals surface area contributed by atoms with Crippen molar-refractivity contribution >= 4 is 21.1 Å². The number of imidazole rings is 1. The van der Waals surface area contributed by atoms with Crippen LogP contribution < -0.4 is 4.72 Å². The van der Waals surface area contributed by atoms with E-state index in [0.717, 1.165) is 16.6 Å². The summed E-state index contributed by atoms with van der Waals surface area (Å²) < 4.78 is 28.8. The van der Waals surface area contributed by atoms with Gasteiger partial charge in [-0.1, -0.05) is 24.3 Å². The molecule has 0 aliphatic heterocycles. The average Bonchev–Trinajstić information content (AvgIpc) is 2.89. The van der Waals surface area contributed by atoms with E-state index >= 15 is 0 Å². The zero-order valence-corrected chi connectivity index (χ0v) is 13.0. The van der Waals surface area contributed by atoms with Gasteiger partial charge < -0.3 is 4.57 Å². The monoisotopic (exact) mass is 315 g/mol. The van der Waals surface area contributed by atoms with Crippen molar-refractivity contribution in [1.29, 1.82) is 0 Å². The zero-order chi connectivity index (χ0) is 15.6. The number of hydrogen-bond acceptors (Lipinski definition) is 3. The van der Waals surface area contributed by atoms with Crippen molar-refractivity contribution in [3.8, 4) is 0 Å². The lowest BCUT2D eigenvalue weighted by Gasteiger charge is -2.07. The van der Waals surface area contributed by atoms with Crippen LogP contribution in [0.4, 0.5) is 0 Å². The zero-order valence-electron chi connectivity index (χ0n) is 12.2. The van der Waals surface area contributed by atoms with Crippen molar-refractivity contribution in [2.75, 3.05) is 6.54 Å². The van der Waals surface area contributed by atoms with Gasteiger partial charge >= 0.3 is 0 Å². The van der Waals surface area contributed by atoms with Crippen LogP contribution in [0.25, 0.3) is 11.0 Å². The molecule has 0 aliphatic carbocycles. The van der Waals surface area contributed by atoms with Crippen LogP contribution in [-0.2, 0) is 23.5 Å². The van der Waals surface area contributed by atoms with Crippen LogP contribution in [0.1, 0.15) is 5.56 Å². The number of nitrogens with one attached hydrogen (secondary N) is 1. The molecule has 0 spiro atoms. The molecule has 0 saturated heterocycles. The fourth-order valence-corrected chi connectivity index (χ4v) is 3.40. The van der Waals surface area contributed by atoms with Crippen molar-refractivity contribution in [3.63, 3.8) is 0 Å². The highest BCUT2D eigenvalue weighted by Gasteiger charge is 2.12. The third-order valence-electron chi connectivity index (χ3n) is 3.55. The van der Waals surface area contributed by atoms with E-state index in [1.54, 1.807) is 36.7 Å². The maximum atomic E-state index is 12.1. The Kier molecular flexibility index (Phi) is 3.96. The van der Waals surface area contributed by atoms with E-state index < -0.39 is 10.0 Å². The Morgan fingerprint density at radius 1 is 1.14 bits per heavy atom. The molecule has 1 heterocycles. The predicted molar refractivity (Wildman–Crippen MR) is 86.0 cm³/mol. The molecule has 5 nitrogen and oxygen atoms in total. The first-order valence-corrected chi connectivity index (χ1v) is 8.49. The van der Waals surface area contributed by atoms with E-state index in [9.17, 15) is 8.42 Å². The molecule has 3 rings (SSSR count). The van der Waals surface area contributed by atoms with E-state index in [-0.39, 0.29) is 4.90 Å². The number of aryl methyl sites for hydroxylation is 1. The molecular formula is C16H17N3O2S. The number of benzene rings is 2. The summed E-state index contributed by atoms with van der Waals surface area (Å²) in [6.45, 7) is 0.357. The van der Waals surface area contributed by atoms with Gasteiger partial charge in [0.15, 0.2) is 0 Å². The summed E-state index contributed by atoms with van der Waals surface area (Å²) in [5, 5.41) is 0. The summed E-state index contributed by atoms with van der Waals surface area (Å²) in [7, 11) is -1.49. The molecule has 0 aliphatic rings.